The lowest BCUT2D eigenvalue weighted by Gasteiger charge is -2.22. The van der Waals surface area contributed by atoms with Crippen molar-refractivity contribution in [2.75, 3.05) is 13.6 Å². The Kier molecular flexibility index (Phi) is 5.16. The van der Waals surface area contributed by atoms with Crippen molar-refractivity contribution >= 4 is 16.8 Å². The minimum Gasteiger partial charge on any atom is -0.374 e. The van der Waals surface area contributed by atoms with Gasteiger partial charge in [-0.05, 0) is 30.7 Å². The summed E-state index contributed by atoms with van der Waals surface area (Å²) in [5.74, 6) is -0.611. The summed E-state index contributed by atoms with van der Waals surface area (Å²) in [6.07, 6.45) is 2.27. The molecule has 2 aromatic heterocycles. The summed E-state index contributed by atoms with van der Waals surface area (Å²) in [6.45, 7) is 6.05. The molecule has 1 unspecified atom stereocenters. The van der Waals surface area contributed by atoms with Gasteiger partial charge in [0.15, 0.2) is 5.69 Å². The van der Waals surface area contributed by atoms with Crippen LogP contribution in [-0.4, -0.2) is 50.5 Å². The number of primary amides is 1. The van der Waals surface area contributed by atoms with Crippen molar-refractivity contribution < 1.29 is 9.18 Å². The van der Waals surface area contributed by atoms with E-state index in [1.165, 1.54) is 6.92 Å². The summed E-state index contributed by atoms with van der Waals surface area (Å²) in [6, 6.07) is 7.47. The van der Waals surface area contributed by atoms with Gasteiger partial charge in [-0.1, -0.05) is 12.6 Å². The molecule has 3 aromatic rings. The summed E-state index contributed by atoms with van der Waals surface area (Å²) < 4.78 is 14.9. The van der Waals surface area contributed by atoms with Crippen molar-refractivity contribution in [3.8, 4) is 11.1 Å². The fourth-order valence-electron chi connectivity index (χ4n) is 2.92. The van der Waals surface area contributed by atoms with Gasteiger partial charge in [0.05, 0.1) is 24.5 Å². The Labute approximate surface area is 156 Å². The summed E-state index contributed by atoms with van der Waals surface area (Å²) in [7, 11) is 1.77. The number of nitrogens with two attached hydrogens (primary N) is 1. The standard InChI is InChI=1S/C19H21FN6O/c1-12(20)10-25(3)13(2)11-26-17-5-4-14(15-6-7-22-23-9-15)8-16(17)18(24-26)19(21)27/h4-9,12H,2,10-11H2,1,3H3,(H2,21,27). The lowest BCUT2D eigenvalue weighted by atomic mass is 10.0. The number of likely N-dealkylation sites (N-methyl/N-ethyl adjacent to an activating group) is 1. The van der Waals surface area contributed by atoms with Gasteiger partial charge >= 0.3 is 0 Å². The Morgan fingerprint density at radius 1 is 1.33 bits per heavy atom. The van der Waals surface area contributed by atoms with Gasteiger partial charge < -0.3 is 10.6 Å². The number of nitrogens with zero attached hydrogens (tertiary/aromatic N) is 5. The zero-order chi connectivity index (χ0) is 19.6. The number of allylic oxidation sites excluding steroid dienone is 1. The van der Waals surface area contributed by atoms with E-state index in [-0.39, 0.29) is 12.2 Å². The topological polar surface area (TPSA) is 89.9 Å². The van der Waals surface area contributed by atoms with Gasteiger partial charge in [0.1, 0.15) is 6.17 Å². The Morgan fingerprint density at radius 3 is 2.74 bits per heavy atom. The molecule has 1 amide bonds. The van der Waals surface area contributed by atoms with Crippen LogP contribution in [0.25, 0.3) is 22.0 Å². The monoisotopic (exact) mass is 368 g/mol. The van der Waals surface area contributed by atoms with Gasteiger partial charge in [-0.2, -0.15) is 15.3 Å². The first-order valence-electron chi connectivity index (χ1n) is 8.47. The van der Waals surface area contributed by atoms with E-state index in [4.69, 9.17) is 5.73 Å². The molecular weight excluding hydrogens is 347 g/mol. The van der Waals surface area contributed by atoms with Crippen LogP contribution in [0.15, 0.2) is 48.9 Å². The molecule has 3 rings (SSSR count). The molecule has 0 fully saturated rings. The quantitative estimate of drug-likeness (QED) is 0.692. The zero-order valence-electron chi connectivity index (χ0n) is 15.3. The van der Waals surface area contributed by atoms with Gasteiger partial charge in [0, 0.05) is 30.2 Å². The number of carbonyl (C=O) groups is 1. The number of alkyl halides is 1. The van der Waals surface area contributed by atoms with Crippen molar-refractivity contribution in [2.24, 2.45) is 5.73 Å². The molecule has 0 radical (unpaired) electrons. The summed E-state index contributed by atoms with van der Waals surface area (Å²) in [4.78, 5) is 13.6. The lowest BCUT2D eigenvalue weighted by molar-refractivity contribution is 0.0996. The summed E-state index contributed by atoms with van der Waals surface area (Å²) >= 11 is 0. The Bertz CT molecular complexity index is 983. The van der Waals surface area contributed by atoms with Gasteiger partial charge in [-0.3, -0.25) is 9.48 Å². The minimum absolute atomic E-state index is 0.183. The van der Waals surface area contributed by atoms with Crippen LogP contribution in [0.5, 0.6) is 0 Å². The van der Waals surface area contributed by atoms with Crippen LogP contribution in [-0.2, 0) is 6.54 Å². The third-order valence-electron chi connectivity index (χ3n) is 4.30. The van der Waals surface area contributed by atoms with E-state index in [1.54, 1.807) is 29.0 Å². The maximum absolute atomic E-state index is 13.2. The zero-order valence-corrected chi connectivity index (χ0v) is 15.3. The molecule has 27 heavy (non-hydrogen) atoms. The van der Waals surface area contributed by atoms with Crippen LogP contribution in [0, 0.1) is 0 Å². The molecule has 0 aliphatic heterocycles. The smallest absolute Gasteiger partial charge is 0.269 e. The highest BCUT2D eigenvalue weighted by Gasteiger charge is 2.17. The normalized spacial score (nSPS) is 12.1. The molecule has 0 aliphatic carbocycles. The molecule has 0 spiro atoms. The Hall–Kier alpha value is -3.29. The molecule has 7 nitrogen and oxygen atoms in total. The molecule has 0 aliphatic rings. The van der Waals surface area contributed by atoms with Gasteiger partial charge in [0.25, 0.3) is 5.91 Å². The Balaban J connectivity index is 2.00. The second-order valence-corrected chi connectivity index (χ2v) is 6.46. The number of hydrogen-bond acceptors (Lipinski definition) is 5. The third-order valence-corrected chi connectivity index (χ3v) is 4.30. The number of fused-ring (bicyclic) bond motifs is 1. The molecule has 8 heteroatoms. The Morgan fingerprint density at radius 2 is 2.11 bits per heavy atom. The van der Waals surface area contributed by atoms with E-state index in [1.807, 2.05) is 24.3 Å². The highest BCUT2D eigenvalue weighted by atomic mass is 19.1. The molecule has 1 atom stereocenters. The first-order valence-corrected chi connectivity index (χ1v) is 8.47. The van der Waals surface area contributed by atoms with Crippen LogP contribution in [0.2, 0.25) is 0 Å². The number of halogens is 1. The average molecular weight is 368 g/mol. The maximum atomic E-state index is 13.2. The largest absolute Gasteiger partial charge is 0.374 e. The van der Waals surface area contributed by atoms with Gasteiger partial charge in [-0.25, -0.2) is 4.39 Å². The summed E-state index contributed by atoms with van der Waals surface area (Å²) in [5, 5.41) is 12.6. The molecule has 2 heterocycles. The first kappa shape index (κ1) is 18.5. The predicted octanol–water partition coefficient (Wildman–Crippen LogP) is 2.40. The number of hydrogen-bond donors (Lipinski definition) is 1. The molecule has 0 bridgehead atoms. The molecular formula is C19H21FN6O. The second kappa shape index (κ2) is 7.53. The molecule has 0 saturated heterocycles. The van der Waals surface area contributed by atoms with Crippen LogP contribution >= 0.6 is 0 Å². The number of rotatable bonds is 7. The third kappa shape index (κ3) is 3.94. The lowest BCUT2D eigenvalue weighted by Crippen LogP contribution is -2.26. The van der Waals surface area contributed by atoms with E-state index < -0.39 is 12.1 Å². The first-order chi connectivity index (χ1) is 12.9. The summed E-state index contributed by atoms with van der Waals surface area (Å²) in [5.41, 5.74) is 8.88. The van der Waals surface area contributed by atoms with Gasteiger partial charge in [0.2, 0.25) is 0 Å². The SMILES string of the molecule is C=C(Cn1nc(C(N)=O)c2cc(-c3ccnnc3)ccc21)N(C)CC(C)F. The van der Waals surface area contributed by atoms with Crippen LogP contribution in [0.1, 0.15) is 17.4 Å². The van der Waals surface area contributed by atoms with Crippen molar-refractivity contribution in [1.29, 1.82) is 0 Å². The maximum Gasteiger partial charge on any atom is 0.269 e. The van der Waals surface area contributed by atoms with Crippen LogP contribution in [0.4, 0.5) is 4.39 Å². The van der Waals surface area contributed by atoms with Crippen LogP contribution < -0.4 is 5.73 Å². The molecule has 0 saturated carbocycles. The van der Waals surface area contributed by atoms with E-state index in [9.17, 15) is 9.18 Å². The fourth-order valence-corrected chi connectivity index (χ4v) is 2.92. The van der Waals surface area contributed by atoms with E-state index in [2.05, 4.69) is 21.9 Å². The highest BCUT2D eigenvalue weighted by molar-refractivity contribution is 6.05. The fraction of sp³-hybridized carbons (Fsp3) is 0.263. The second-order valence-electron chi connectivity index (χ2n) is 6.46. The molecule has 1 aromatic carbocycles. The van der Waals surface area contributed by atoms with Gasteiger partial charge in [-0.15, -0.1) is 0 Å². The van der Waals surface area contributed by atoms with Crippen molar-refractivity contribution in [3.05, 3.63) is 54.6 Å². The number of carbonyl (C=O) groups excluding carboxylic acids is 1. The number of amides is 1. The number of aromatic nitrogens is 4. The van der Waals surface area contributed by atoms with Crippen molar-refractivity contribution in [3.63, 3.8) is 0 Å². The van der Waals surface area contributed by atoms with E-state index in [0.717, 1.165) is 16.6 Å². The molecule has 2 N–H and O–H groups in total. The minimum atomic E-state index is -0.973. The highest BCUT2D eigenvalue weighted by Crippen LogP contribution is 2.26. The van der Waals surface area contributed by atoms with Crippen molar-refractivity contribution in [1.82, 2.24) is 24.9 Å². The van der Waals surface area contributed by atoms with Crippen LogP contribution in [0.3, 0.4) is 0 Å². The molecule has 140 valence electrons. The van der Waals surface area contributed by atoms with E-state index >= 15 is 0 Å². The van der Waals surface area contributed by atoms with E-state index in [0.29, 0.717) is 17.6 Å². The predicted molar refractivity (Wildman–Crippen MR) is 102 cm³/mol. The number of benzene rings is 1. The average Bonchev–Trinajstić information content (AvgIpc) is 3.00. The van der Waals surface area contributed by atoms with Crippen molar-refractivity contribution in [2.45, 2.75) is 19.6 Å².